The fraction of sp³-hybridized carbons (Fsp3) is 0.333. The highest BCUT2D eigenvalue weighted by molar-refractivity contribution is 9.11. The molecule has 1 rings (SSSR count). The van der Waals surface area contributed by atoms with Crippen molar-refractivity contribution in [2.75, 3.05) is 27.2 Å². The molecule has 1 aromatic carbocycles. The molecule has 0 amide bonds. The molecule has 1 aromatic rings. The predicted octanol–water partition coefficient (Wildman–Crippen LogP) is 3.16. The zero-order chi connectivity index (χ0) is 12.0. The van der Waals surface area contributed by atoms with Gasteiger partial charge in [0.2, 0.25) is 0 Å². The summed E-state index contributed by atoms with van der Waals surface area (Å²) in [5.74, 6) is 6.78. The molecule has 0 saturated heterocycles. The zero-order valence-electron chi connectivity index (χ0n) is 9.26. The SMILES string of the molecule is CN(C)CC#CCOc1ccc(Br)cc1Br. The van der Waals surface area contributed by atoms with Gasteiger partial charge < -0.3 is 4.74 Å². The van der Waals surface area contributed by atoms with E-state index in [4.69, 9.17) is 4.74 Å². The third-order valence-corrected chi connectivity index (χ3v) is 2.83. The summed E-state index contributed by atoms with van der Waals surface area (Å²) in [4.78, 5) is 2.02. The van der Waals surface area contributed by atoms with Gasteiger partial charge in [-0.1, -0.05) is 27.8 Å². The molecule has 0 aliphatic carbocycles. The van der Waals surface area contributed by atoms with E-state index < -0.39 is 0 Å². The van der Waals surface area contributed by atoms with Crippen LogP contribution in [0.15, 0.2) is 27.1 Å². The molecule has 0 aromatic heterocycles. The van der Waals surface area contributed by atoms with Gasteiger partial charge >= 0.3 is 0 Å². The Morgan fingerprint density at radius 1 is 1.25 bits per heavy atom. The van der Waals surface area contributed by atoms with Crippen molar-refractivity contribution in [3.63, 3.8) is 0 Å². The molecule has 2 nitrogen and oxygen atoms in total. The first kappa shape index (κ1) is 13.6. The van der Waals surface area contributed by atoms with Crippen molar-refractivity contribution in [1.29, 1.82) is 0 Å². The quantitative estimate of drug-likeness (QED) is 0.779. The number of hydrogen-bond acceptors (Lipinski definition) is 2. The summed E-state index contributed by atoms with van der Waals surface area (Å²) in [6, 6.07) is 5.79. The van der Waals surface area contributed by atoms with E-state index in [2.05, 4.69) is 43.7 Å². The van der Waals surface area contributed by atoms with Gasteiger partial charge in [-0.25, -0.2) is 0 Å². The molecule has 0 aliphatic rings. The first-order chi connectivity index (χ1) is 7.59. The Morgan fingerprint density at radius 3 is 2.62 bits per heavy atom. The number of halogens is 2. The molecule has 4 heteroatoms. The number of ether oxygens (including phenoxy) is 1. The van der Waals surface area contributed by atoms with E-state index in [0.717, 1.165) is 21.2 Å². The van der Waals surface area contributed by atoms with Crippen molar-refractivity contribution in [1.82, 2.24) is 4.90 Å². The standard InChI is InChI=1S/C12H13Br2NO/c1-15(2)7-3-4-8-16-12-6-5-10(13)9-11(12)14/h5-6,9H,7-8H2,1-2H3. The molecule has 0 unspecified atom stereocenters. The average molecular weight is 347 g/mol. The van der Waals surface area contributed by atoms with E-state index >= 15 is 0 Å². The number of rotatable bonds is 3. The van der Waals surface area contributed by atoms with Crippen LogP contribution >= 0.6 is 31.9 Å². The van der Waals surface area contributed by atoms with Crippen LogP contribution in [0.3, 0.4) is 0 Å². The second-order valence-corrected chi connectivity index (χ2v) is 5.22. The van der Waals surface area contributed by atoms with E-state index in [1.165, 1.54) is 0 Å². The van der Waals surface area contributed by atoms with Crippen molar-refractivity contribution in [3.8, 4) is 17.6 Å². The van der Waals surface area contributed by atoms with Gasteiger partial charge in [0.05, 0.1) is 11.0 Å². The van der Waals surface area contributed by atoms with Crippen molar-refractivity contribution in [2.45, 2.75) is 0 Å². The van der Waals surface area contributed by atoms with Crippen molar-refractivity contribution < 1.29 is 4.74 Å². The lowest BCUT2D eigenvalue weighted by atomic mass is 10.3. The van der Waals surface area contributed by atoms with Gasteiger partial charge in [-0.3, -0.25) is 4.90 Å². The fourth-order valence-electron chi connectivity index (χ4n) is 0.971. The van der Waals surface area contributed by atoms with Crippen LogP contribution in [0, 0.1) is 11.8 Å². The monoisotopic (exact) mass is 345 g/mol. The molecule has 0 saturated carbocycles. The van der Waals surface area contributed by atoms with Crippen molar-refractivity contribution >= 4 is 31.9 Å². The maximum atomic E-state index is 5.51. The van der Waals surface area contributed by atoms with Crippen LogP contribution in [0.25, 0.3) is 0 Å². The molecule has 0 radical (unpaired) electrons. The highest BCUT2D eigenvalue weighted by Crippen LogP contribution is 2.27. The summed E-state index contributed by atoms with van der Waals surface area (Å²) < 4.78 is 7.46. The van der Waals surface area contributed by atoms with Gasteiger partial charge in [0.15, 0.2) is 0 Å². The molecule has 0 aliphatic heterocycles. The van der Waals surface area contributed by atoms with E-state index in [1.807, 2.05) is 37.2 Å². The lowest BCUT2D eigenvalue weighted by Gasteiger charge is -2.05. The van der Waals surface area contributed by atoms with E-state index in [0.29, 0.717) is 6.61 Å². The summed E-state index contributed by atoms with van der Waals surface area (Å²) >= 11 is 6.81. The van der Waals surface area contributed by atoms with Crippen LogP contribution in [-0.2, 0) is 0 Å². The Balaban J connectivity index is 2.45. The molecule has 0 bridgehead atoms. The number of hydrogen-bond donors (Lipinski definition) is 0. The summed E-state index contributed by atoms with van der Waals surface area (Å²) in [6.07, 6.45) is 0. The summed E-state index contributed by atoms with van der Waals surface area (Å²) in [6.45, 7) is 1.17. The van der Waals surface area contributed by atoms with E-state index in [1.54, 1.807) is 0 Å². The third-order valence-electron chi connectivity index (χ3n) is 1.71. The third kappa shape index (κ3) is 5.02. The first-order valence-corrected chi connectivity index (χ1v) is 6.36. The Bertz CT molecular complexity index is 407. The molecule has 0 spiro atoms. The Kier molecular flexibility index (Phi) is 5.89. The molecular formula is C12H13Br2NO. The number of benzene rings is 1. The van der Waals surface area contributed by atoms with Crippen LogP contribution in [-0.4, -0.2) is 32.1 Å². The Labute approximate surface area is 113 Å². The van der Waals surface area contributed by atoms with Gasteiger partial charge in [0.25, 0.3) is 0 Å². The van der Waals surface area contributed by atoms with Crippen molar-refractivity contribution in [3.05, 3.63) is 27.1 Å². The smallest absolute Gasteiger partial charge is 0.149 e. The Morgan fingerprint density at radius 2 is 2.00 bits per heavy atom. The van der Waals surface area contributed by atoms with Crippen LogP contribution in [0.1, 0.15) is 0 Å². The summed E-state index contributed by atoms with van der Waals surface area (Å²) in [7, 11) is 3.97. The van der Waals surface area contributed by atoms with Gasteiger partial charge in [0.1, 0.15) is 12.4 Å². The highest BCUT2D eigenvalue weighted by atomic mass is 79.9. The minimum atomic E-state index is 0.411. The fourth-order valence-corrected chi connectivity index (χ4v) is 2.13. The van der Waals surface area contributed by atoms with E-state index in [9.17, 15) is 0 Å². The number of nitrogens with zero attached hydrogens (tertiary/aromatic N) is 1. The second-order valence-electron chi connectivity index (χ2n) is 3.45. The largest absolute Gasteiger partial charge is 0.480 e. The summed E-state index contributed by atoms with van der Waals surface area (Å²) in [5, 5.41) is 0. The molecule has 0 heterocycles. The Hall–Kier alpha value is -0.500. The average Bonchev–Trinajstić information content (AvgIpc) is 2.20. The van der Waals surface area contributed by atoms with Gasteiger partial charge in [-0.2, -0.15) is 0 Å². The predicted molar refractivity (Wildman–Crippen MR) is 73.7 cm³/mol. The minimum Gasteiger partial charge on any atom is -0.480 e. The van der Waals surface area contributed by atoms with Gasteiger partial charge in [-0.05, 0) is 48.2 Å². The van der Waals surface area contributed by atoms with Crippen LogP contribution in [0.4, 0.5) is 0 Å². The minimum absolute atomic E-state index is 0.411. The second kappa shape index (κ2) is 6.95. The first-order valence-electron chi connectivity index (χ1n) is 4.78. The molecule has 16 heavy (non-hydrogen) atoms. The topological polar surface area (TPSA) is 12.5 Å². The van der Waals surface area contributed by atoms with Crippen LogP contribution in [0.2, 0.25) is 0 Å². The highest BCUT2D eigenvalue weighted by Gasteiger charge is 1.99. The molecule has 0 atom stereocenters. The maximum Gasteiger partial charge on any atom is 0.149 e. The zero-order valence-corrected chi connectivity index (χ0v) is 12.4. The van der Waals surface area contributed by atoms with Gasteiger partial charge in [0, 0.05) is 4.47 Å². The molecule has 0 N–H and O–H groups in total. The molecule has 86 valence electrons. The van der Waals surface area contributed by atoms with Crippen LogP contribution in [0.5, 0.6) is 5.75 Å². The maximum absolute atomic E-state index is 5.51. The lowest BCUT2D eigenvalue weighted by Crippen LogP contribution is -2.11. The molecular weight excluding hydrogens is 334 g/mol. The normalized spacial score (nSPS) is 9.81. The van der Waals surface area contributed by atoms with Gasteiger partial charge in [-0.15, -0.1) is 0 Å². The van der Waals surface area contributed by atoms with Crippen molar-refractivity contribution in [2.24, 2.45) is 0 Å². The van der Waals surface area contributed by atoms with Crippen LogP contribution < -0.4 is 4.74 Å². The lowest BCUT2D eigenvalue weighted by molar-refractivity contribution is 0.367. The molecule has 0 fully saturated rings. The van der Waals surface area contributed by atoms with E-state index in [-0.39, 0.29) is 0 Å². The summed E-state index contributed by atoms with van der Waals surface area (Å²) in [5.41, 5.74) is 0.